The molecule has 0 aliphatic rings. The monoisotopic (exact) mass is 298 g/mol. The first kappa shape index (κ1) is 15.7. The number of halogens is 1. The molecule has 0 N–H and O–H groups in total. The second kappa shape index (κ2) is 7.34. The first-order valence-electron chi connectivity index (χ1n) is 6.73. The summed E-state index contributed by atoms with van der Waals surface area (Å²) in [4.78, 5) is 14.0. The van der Waals surface area contributed by atoms with E-state index in [4.69, 9.17) is 10.00 Å². The fourth-order valence-corrected chi connectivity index (χ4v) is 2.03. The second-order valence-electron chi connectivity index (χ2n) is 4.59. The molecule has 0 unspecified atom stereocenters. The van der Waals surface area contributed by atoms with Crippen molar-refractivity contribution in [1.82, 2.24) is 0 Å². The number of carbonyl (C=O) groups is 1. The summed E-state index contributed by atoms with van der Waals surface area (Å²) in [5, 5.41) is 8.83. The summed E-state index contributed by atoms with van der Waals surface area (Å²) < 4.78 is 18.9. The Hall–Kier alpha value is -2.71. The summed E-state index contributed by atoms with van der Waals surface area (Å²) >= 11 is 0. The Bertz CT molecular complexity index is 693. The van der Waals surface area contributed by atoms with Crippen LogP contribution in [-0.2, 0) is 4.74 Å². The molecule has 0 aromatic heterocycles. The molecule has 2 rings (SSSR count). The van der Waals surface area contributed by atoms with Crippen molar-refractivity contribution in [3.63, 3.8) is 0 Å². The van der Waals surface area contributed by atoms with Crippen LogP contribution in [0.15, 0.2) is 48.5 Å². The largest absolute Gasteiger partial charge is 0.383 e. The molecule has 0 radical (unpaired) electrons. The zero-order valence-corrected chi connectivity index (χ0v) is 12.1. The number of hydrogen-bond donors (Lipinski definition) is 0. The number of carbonyl (C=O) groups excluding carboxylic acids is 1. The highest BCUT2D eigenvalue weighted by atomic mass is 19.1. The number of amides is 1. The van der Waals surface area contributed by atoms with E-state index < -0.39 is 11.7 Å². The standard InChI is InChI=1S/C17H15FN2O2/c1-22-11-10-20(14-8-6-13(12-19)7-9-14)17(21)15-4-2-3-5-16(15)18/h2-9H,10-11H2,1H3. The summed E-state index contributed by atoms with van der Waals surface area (Å²) in [5.74, 6) is -1.01. The van der Waals surface area contributed by atoms with Crippen molar-refractivity contribution in [3.05, 3.63) is 65.5 Å². The van der Waals surface area contributed by atoms with Crippen LogP contribution in [0.3, 0.4) is 0 Å². The van der Waals surface area contributed by atoms with E-state index >= 15 is 0 Å². The number of nitriles is 1. The minimum Gasteiger partial charge on any atom is -0.383 e. The molecule has 0 heterocycles. The average Bonchev–Trinajstić information content (AvgIpc) is 2.56. The van der Waals surface area contributed by atoms with Crippen LogP contribution in [0.25, 0.3) is 0 Å². The number of benzene rings is 2. The number of methoxy groups -OCH3 is 1. The quantitative estimate of drug-likeness (QED) is 0.852. The summed E-state index contributed by atoms with van der Waals surface area (Å²) in [5.41, 5.74) is 1.08. The SMILES string of the molecule is COCCN(C(=O)c1ccccc1F)c1ccc(C#N)cc1. The van der Waals surface area contributed by atoms with Crippen molar-refractivity contribution >= 4 is 11.6 Å². The van der Waals surface area contributed by atoms with E-state index in [1.54, 1.807) is 30.3 Å². The van der Waals surface area contributed by atoms with E-state index in [2.05, 4.69) is 0 Å². The van der Waals surface area contributed by atoms with Crippen molar-refractivity contribution < 1.29 is 13.9 Å². The molecule has 0 aliphatic carbocycles. The van der Waals surface area contributed by atoms with Gasteiger partial charge in [-0.05, 0) is 36.4 Å². The van der Waals surface area contributed by atoms with Gasteiger partial charge in [0.25, 0.3) is 5.91 Å². The normalized spacial score (nSPS) is 10.0. The minimum atomic E-state index is -0.566. The van der Waals surface area contributed by atoms with Gasteiger partial charge >= 0.3 is 0 Å². The van der Waals surface area contributed by atoms with Crippen molar-refractivity contribution in [2.24, 2.45) is 0 Å². The lowest BCUT2D eigenvalue weighted by Gasteiger charge is -2.23. The van der Waals surface area contributed by atoms with Gasteiger partial charge in [0, 0.05) is 19.3 Å². The minimum absolute atomic E-state index is 0.00274. The maximum atomic E-state index is 13.8. The number of ether oxygens (including phenoxy) is 1. The number of anilines is 1. The van der Waals surface area contributed by atoms with E-state index in [0.29, 0.717) is 17.9 Å². The highest BCUT2D eigenvalue weighted by Gasteiger charge is 2.20. The summed E-state index contributed by atoms with van der Waals surface area (Å²) in [6, 6.07) is 14.4. The molecular formula is C17H15FN2O2. The lowest BCUT2D eigenvalue weighted by molar-refractivity contribution is 0.0972. The maximum Gasteiger partial charge on any atom is 0.261 e. The van der Waals surface area contributed by atoms with Gasteiger partial charge in [0.1, 0.15) is 5.82 Å². The van der Waals surface area contributed by atoms with Crippen LogP contribution in [0.2, 0.25) is 0 Å². The molecule has 0 aliphatic heterocycles. The van der Waals surface area contributed by atoms with Gasteiger partial charge in [0.15, 0.2) is 0 Å². The third-order valence-corrected chi connectivity index (χ3v) is 3.18. The Morgan fingerprint density at radius 3 is 2.50 bits per heavy atom. The first-order valence-corrected chi connectivity index (χ1v) is 6.73. The highest BCUT2D eigenvalue weighted by Crippen LogP contribution is 2.19. The van der Waals surface area contributed by atoms with Crippen molar-refractivity contribution in [1.29, 1.82) is 5.26 Å². The lowest BCUT2D eigenvalue weighted by atomic mass is 10.1. The van der Waals surface area contributed by atoms with Crippen LogP contribution in [0, 0.1) is 17.1 Å². The maximum absolute atomic E-state index is 13.8. The molecule has 0 fully saturated rings. The molecule has 0 atom stereocenters. The van der Waals surface area contributed by atoms with E-state index in [1.807, 2.05) is 6.07 Å². The molecule has 22 heavy (non-hydrogen) atoms. The van der Waals surface area contributed by atoms with Crippen LogP contribution in [0.5, 0.6) is 0 Å². The Labute approximate surface area is 128 Å². The number of hydrogen-bond acceptors (Lipinski definition) is 3. The van der Waals surface area contributed by atoms with Crippen molar-refractivity contribution in [2.75, 3.05) is 25.2 Å². The Kier molecular flexibility index (Phi) is 5.23. The summed E-state index contributed by atoms with van der Waals surface area (Å²) in [6.45, 7) is 0.607. The molecule has 5 heteroatoms. The predicted molar refractivity (Wildman–Crippen MR) is 81.1 cm³/mol. The molecule has 4 nitrogen and oxygen atoms in total. The van der Waals surface area contributed by atoms with Gasteiger partial charge in [-0.1, -0.05) is 12.1 Å². The Morgan fingerprint density at radius 2 is 1.91 bits per heavy atom. The van der Waals surface area contributed by atoms with Gasteiger partial charge in [-0.2, -0.15) is 5.26 Å². The van der Waals surface area contributed by atoms with Crippen LogP contribution >= 0.6 is 0 Å². The third-order valence-electron chi connectivity index (χ3n) is 3.18. The van der Waals surface area contributed by atoms with Gasteiger partial charge in [-0.25, -0.2) is 4.39 Å². The van der Waals surface area contributed by atoms with Crippen molar-refractivity contribution in [2.45, 2.75) is 0 Å². The summed E-state index contributed by atoms with van der Waals surface area (Å²) in [7, 11) is 1.53. The smallest absolute Gasteiger partial charge is 0.261 e. The lowest BCUT2D eigenvalue weighted by Crippen LogP contribution is -2.34. The third kappa shape index (κ3) is 3.48. The molecule has 0 saturated heterocycles. The van der Waals surface area contributed by atoms with Crippen molar-refractivity contribution in [3.8, 4) is 6.07 Å². The van der Waals surface area contributed by atoms with Crippen LogP contribution in [-0.4, -0.2) is 26.2 Å². The number of rotatable bonds is 5. The molecule has 0 saturated carbocycles. The Balaban J connectivity index is 2.35. The zero-order chi connectivity index (χ0) is 15.9. The molecule has 2 aromatic carbocycles. The number of nitrogens with zero attached hydrogens (tertiary/aromatic N) is 2. The van der Waals surface area contributed by atoms with E-state index in [9.17, 15) is 9.18 Å². The van der Waals surface area contributed by atoms with Gasteiger partial charge in [-0.3, -0.25) is 4.79 Å². The predicted octanol–water partition coefficient (Wildman–Crippen LogP) is 2.99. The van der Waals surface area contributed by atoms with E-state index in [1.165, 1.54) is 30.2 Å². The van der Waals surface area contributed by atoms with Crippen LogP contribution in [0.4, 0.5) is 10.1 Å². The molecular weight excluding hydrogens is 283 g/mol. The summed E-state index contributed by atoms with van der Waals surface area (Å²) in [6.07, 6.45) is 0. The van der Waals surface area contributed by atoms with Gasteiger partial charge < -0.3 is 9.64 Å². The fraction of sp³-hybridized carbons (Fsp3) is 0.176. The van der Waals surface area contributed by atoms with E-state index in [-0.39, 0.29) is 12.1 Å². The Morgan fingerprint density at radius 1 is 1.23 bits per heavy atom. The van der Waals surface area contributed by atoms with Gasteiger partial charge in [0.05, 0.1) is 23.8 Å². The first-order chi connectivity index (χ1) is 10.7. The van der Waals surface area contributed by atoms with E-state index in [0.717, 1.165) is 0 Å². The van der Waals surface area contributed by atoms with Crippen LogP contribution in [0.1, 0.15) is 15.9 Å². The molecule has 1 amide bonds. The molecule has 0 spiro atoms. The van der Waals surface area contributed by atoms with Crippen LogP contribution < -0.4 is 4.90 Å². The molecule has 112 valence electrons. The topological polar surface area (TPSA) is 53.3 Å². The molecule has 2 aromatic rings. The second-order valence-corrected chi connectivity index (χ2v) is 4.59. The van der Waals surface area contributed by atoms with Gasteiger partial charge in [-0.15, -0.1) is 0 Å². The van der Waals surface area contributed by atoms with Gasteiger partial charge in [0.2, 0.25) is 0 Å². The fourth-order valence-electron chi connectivity index (χ4n) is 2.03. The zero-order valence-electron chi connectivity index (χ0n) is 12.1. The highest BCUT2D eigenvalue weighted by molar-refractivity contribution is 6.06. The average molecular weight is 298 g/mol. The molecule has 0 bridgehead atoms.